The van der Waals surface area contributed by atoms with Crippen molar-refractivity contribution in [3.8, 4) is 0 Å². The molecule has 0 heterocycles. The van der Waals surface area contributed by atoms with Gasteiger partial charge >= 0.3 is 5.97 Å². The number of hydrogen-bond acceptors (Lipinski definition) is 1. The fourth-order valence-corrected chi connectivity index (χ4v) is 1.91. The van der Waals surface area contributed by atoms with E-state index in [-0.39, 0.29) is 5.92 Å². The summed E-state index contributed by atoms with van der Waals surface area (Å²) in [5.74, 6) is -0.702. The van der Waals surface area contributed by atoms with Crippen LogP contribution in [0.5, 0.6) is 0 Å². The molecule has 2 nitrogen and oxygen atoms in total. The summed E-state index contributed by atoms with van der Waals surface area (Å²) < 4.78 is 0. The standard InChI is InChI=1S/C13H26O2/c1-3-5-6-7-8-9-11-12(10-4-2)13(14)15/h12H,3-11H2,1-2H3,(H,14,15)/t12-/m0/s1. The molecule has 0 saturated carbocycles. The molecule has 0 radical (unpaired) electrons. The molecule has 0 aliphatic heterocycles. The lowest BCUT2D eigenvalue weighted by Gasteiger charge is -2.10. The molecule has 0 amide bonds. The van der Waals surface area contributed by atoms with Crippen LogP contribution in [0, 0.1) is 5.92 Å². The molecule has 0 aromatic heterocycles. The van der Waals surface area contributed by atoms with Crippen LogP contribution in [0.3, 0.4) is 0 Å². The van der Waals surface area contributed by atoms with Crippen LogP contribution in [-0.4, -0.2) is 11.1 Å². The van der Waals surface area contributed by atoms with E-state index in [9.17, 15) is 4.79 Å². The number of rotatable bonds is 10. The van der Waals surface area contributed by atoms with Crippen LogP contribution in [0.25, 0.3) is 0 Å². The first-order valence-electron chi connectivity index (χ1n) is 6.45. The zero-order valence-corrected chi connectivity index (χ0v) is 10.3. The largest absolute Gasteiger partial charge is 0.481 e. The van der Waals surface area contributed by atoms with Gasteiger partial charge in [-0.2, -0.15) is 0 Å². The summed E-state index contributed by atoms with van der Waals surface area (Å²) in [6.45, 7) is 4.26. The third kappa shape index (κ3) is 8.46. The Hall–Kier alpha value is -0.530. The van der Waals surface area contributed by atoms with Crippen molar-refractivity contribution < 1.29 is 9.90 Å². The maximum absolute atomic E-state index is 10.9. The van der Waals surface area contributed by atoms with Crippen LogP contribution in [0.15, 0.2) is 0 Å². The summed E-state index contributed by atoms with van der Waals surface area (Å²) in [4.78, 5) is 10.9. The average molecular weight is 214 g/mol. The van der Waals surface area contributed by atoms with E-state index in [2.05, 4.69) is 13.8 Å². The molecule has 0 aromatic carbocycles. The maximum Gasteiger partial charge on any atom is 0.306 e. The summed E-state index contributed by atoms with van der Waals surface area (Å²) in [5.41, 5.74) is 0. The lowest BCUT2D eigenvalue weighted by Crippen LogP contribution is -2.13. The highest BCUT2D eigenvalue weighted by Gasteiger charge is 2.14. The molecule has 0 bridgehead atoms. The highest BCUT2D eigenvalue weighted by molar-refractivity contribution is 5.69. The van der Waals surface area contributed by atoms with Crippen molar-refractivity contribution in [2.75, 3.05) is 0 Å². The zero-order chi connectivity index (χ0) is 11.5. The number of hydrogen-bond donors (Lipinski definition) is 1. The SMILES string of the molecule is CCCCCCCC[C@H](CCC)C(=O)O. The van der Waals surface area contributed by atoms with Gasteiger partial charge in [-0.05, 0) is 12.8 Å². The van der Waals surface area contributed by atoms with E-state index < -0.39 is 5.97 Å². The van der Waals surface area contributed by atoms with Gasteiger partial charge in [0.25, 0.3) is 0 Å². The van der Waals surface area contributed by atoms with Crippen LogP contribution < -0.4 is 0 Å². The Balaban J connectivity index is 3.41. The van der Waals surface area contributed by atoms with Crippen molar-refractivity contribution >= 4 is 5.97 Å². The molecule has 0 saturated heterocycles. The molecule has 1 N–H and O–H groups in total. The molecule has 0 aliphatic rings. The van der Waals surface area contributed by atoms with Gasteiger partial charge in [-0.3, -0.25) is 4.79 Å². The van der Waals surface area contributed by atoms with Crippen LogP contribution >= 0.6 is 0 Å². The Morgan fingerprint density at radius 2 is 1.53 bits per heavy atom. The summed E-state index contributed by atoms with van der Waals surface area (Å²) in [6, 6.07) is 0. The monoisotopic (exact) mass is 214 g/mol. The summed E-state index contributed by atoms with van der Waals surface area (Å²) in [5, 5.41) is 8.95. The Kier molecular flexibility index (Phi) is 9.65. The van der Waals surface area contributed by atoms with Gasteiger partial charge in [0, 0.05) is 0 Å². The minimum Gasteiger partial charge on any atom is -0.481 e. The van der Waals surface area contributed by atoms with E-state index in [0.717, 1.165) is 25.7 Å². The van der Waals surface area contributed by atoms with Gasteiger partial charge in [-0.1, -0.05) is 58.8 Å². The Morgan fingerprint density at radius 1 is 0.933 bits per heavy atom. The lowest BCUT2D eigenvalue weighted by atomic mass is 9.96. The minimum absolute atomic E-state index is 0.0961. The number of carbonyl (C=O) groups is 1. The number of aliphatic carboxylic acids is 1. The molecule has 1 atom stereocenters. The van der Waals surface area contributed by atoms with Gasteiger partial charge in [0.15, 0.2) is 0 Å². The highest BCUT2D eigenvalue weighted by Crippen LogP contribution is 2.16. The molecule has 90 valence electrons. The van der Waals surface area contributed by atoms with Crippen molar-refractivity contribution in [3.05, 3.63) is 0 Å². The van der Waals surface area contributed by atoms with E-state index in [1.165, 1.54) is 32.1 Å². The molecule has 15 heavy (non-hydrogen) atoms. The first-order chi connectivity index (χ1) is 7.22. The van der Waals surface area contributed by atoms with E-state index in [1.54, 1.807) is 0 Å². The van der Waals surface area contributed by atoms with Gasteiger partial charge in [0.2, 0.25) is 0 Å². The van der Waals surface area contributed by atoms with Crippen LogP contribution in [-0.2, 0) is 4.79 Å². The van der Waals surface area contributed by atoms with Crippen molar-refractivity contribution in [1.82, 2.24) is 0 Å². The Bertz CT molecular complexity index is 155. The van der Waals surface area contributed by atoms with E-state index in [1.807, 2.05) is 0 Å². The molecular weight excluding hydrogens is 188 g/mol. The Labute approximate surface area is 94.1 Å². The third-order valence-corrected chi connectivity index (χ3v) is 2.89. The quantitative estimate of drug-likeness (QED) is 0.552. The lowest BCUT2D eigenvalue weighted by molar-refractivity contribution is -0.142. The first-order valence-corrected chi connectivity index (χ1v) is 6.45. The molecule has 0 rings (SSSR count). The predicted molar refractivity (Wildman–Crippen MR) is 64.0 cm³/mol. The molecule has 0 aromatic rings. The van der Waals surface area contributed by atoms with Crippen molar-refractivity contribution in [3.63, 3.8) is 0 Å². The van der Waals surface area contributed by atoms with E-state index in [4.69, 9.17) is 5.11 Å². The predicted octanol–water partition coefficient (Wildman–Crippen LogP) is 4.24. The van der Waals surface area contributed by atoms with Crippen LogP contribution in [0.4, 0.5) is 0 Å². The van der Waals surface area contributed by atoms with E-state index in [0.29, 0.717) is 0 Å². The molecular formula is C13H26O2. The number of carboxylic acid groups (broad SMARTS) is 1. The summed E-state index contributed by atoms with van der Waals surface area (Å²) in [6.07, 6.45) is 10.1. The highest BCUT2D eigenvalue weighted by atomic mass is 16.4. The maximum atomic E-state index is 10.9. The summed E-state index contributed by atoms with van der Waals surface area (Å²) in [7, 11) is 0. The van der Waals surface area contributed by atoms with Gasteiger partial charge < -0.3 is 5.11 Å². The molecule has 0 aliphatic carbocycles. The normalized spacial score (nSPS) is 12.7. The topological polar surface area (TPSA) is 37.3 Å². The van der Waals surface area contributed by atoms with Gasteiger partial charge in [-0.25, -0.2) is 0 Å². The zero-order valence-electron chi connectivity index (χ0n) is 10.3. The summed E-state index contributed by atoms with van der Waals surface area (Å²) >= 11 is 0. The van der Waals surface area contributed by atoms with Crippen molar-refractivity contribution in [2.45, 2.75) is 71.6 Å². The third-order valence-electron chi connectivity index (χ3n) is 2.89. The van der Waals surface area contributed by atoms with Crippen molar-refractivity contribution in [1.29, 1.82) is 0 Å². The minimum atomic E-state index is -0.606. The second-order valence-corrected chi connectivity index (χ2v) is 4.38. The molecule has 0 spiro atoms. The van der Waals surface area contributed by atoms with Gasteiger partial charge in [-0.15, -0.1) is 0 Å². The molecule has 0 unspecified atom stereocenters. The van der Waals surface area contributed by atoms with Crippen LogP contribution in [0.2, 0.25) is 0 Å². The second kappa shape index (κ2) is 10.0. The first kappa shape index (κ1) is 14.5. The number of unbranched alkanes of at least 4 members (excludes halogenated alkanes) is 5. The van der Waals surface area contributed by atoms with Gasteiger partial charge in [0.05, 0.1) is 5.92 Å². The average Bonchev–Trinajstić information content (AvgIpc) is 2.21. The molecule has 0 fully saturated rings. The van der Waals surface area contributed by atoms with Crippen molar-refractivity contribution in [2.24, 2.45) is 5.92 Å². The van der Waals surface area contributed by atoms with Gasteiger partial charge in [0.1, 0.15) is 0 Å². The number of carboxylic acids is 1. The van der Waals surface area contributed by atoms with E-state index >= 15 is 0 Å². The fourth-order valence-electron chi connectivity index (χ4n) is 1.91. The Morgan fingerprint density at radius 3 is 2.07 bits per heavy atom. The smallest absolute Gasteiger partial charge is 0.306 e. The fraction of sp³-hybridized carbons (Fsp3) is 0.923. The molecule has 2 heteroatoms. The van der Waals surface area contributed by atoms with Crippen LogP contribution in [0.1, 0.15) is 71.6 Å². The second-order valence-electron chi connectivity index (χ2n) is 4.38.